The van der Waals surface area contributed by atoms with Crippen molar-refractivity contribution in [3.63, 3.8) is 0 Å². The van der Waals surface area contributed by atoms with Gasteiger partial charge in [-0.25, -0.2) is 0 Å². The summed E-state index contributed by atoms with van der Waals surface area (Å²) in [6, 6.07) is 8.45. The zero-order valence-corrected chi connectivity index (χ0v) is 13.8. The maximum absolute atomic E-state index is 10.2. The second kappa shape index (κ2) is 6.55. The van der Waals surface area contributed by atoms with E-state index in [1.165, 1.54) is 11.1 Å². The van der Waals surface area contributed by atoms with Gasteiger partial charge in [0.15, 0.2) is 0 Å². The van der Waals surface area contributed by atoms with Gasteiger partial charge in [0.1, 0.15) is 0 Å². The van der Waals surface area contributed by atoms with E-state index in [2.05, 4.69) is 52.2 Å². The summed E-state index contributed by atoms with van der Waals surface area (Å²) in [6.07, 6.45) is 1.95. The fourth-order valence-corrected chi connectivity index (χ4v) is 2.93. The minimum absolute atomic E-state index is 0.346. The summed E-state index contributed by atoms with van der Waals surface area (Å²) in [5, 5.41) is 14.6. The molecule has 4 heteroatoms. The summed E-state index contributed by atoms with van der Waals surface area (Å²) in [7, 11) is 1.92. The first-order valence-electron chi connectivity index (χ1n) is 6.89. The Labute approximate surface area is 128 Å². The van der Waals surface area contributed by atoms with Crippen LogP contribution >= 0.6 is 15.9 Å². The molecule has 1 N–H and O–H groups in total. The molecule has 1 atom stereocenters. The molecule has 1 heterocycles. The van der Waals surface area contributed by atoms with E-state index in [9.17, 15) is 5.11 Å². The molecule has 2 aromatic rings. The van der Waals surface area contributed by atoms with Crippen molar-refractivity contribution in [1.82, 2.24) is 9.78 Å². The SMILES string of the molecule is Cc1cccc(CCC(O)Cc2c(Br)c(C)nn2C)c1. The highest BCUT2D eigenvalue weighted by molar-refractivity contribution is 9.10. The normalized spacial score (nSPS) is 12.7. The molecule has 0 fully saturated rings. The summed E-state index contributed by atoms with van der Waals surface area (Å²) < 4.78 is 2.85. The number of halogens is 1. The molecule has 0 bridgehead atoms. The summed E-state index contributed by atoms with van der Waals surface area (Å²) in [5.74, 6) is 0. The third kappa shape index (κ3) is 3.70. The molecule has 0 aliphatic carbocycles. The molecule has 20 heavy (non-hydrogen) atoms. The van der Waals surface area contributed by atoms with Crippen LogP contribution in [0.2, 0.25) is 0 Å². The number of nitrogens with zero attached hydrogens (tertiary/aromatic N) is 2. The summed E-state index contributed by atoms with van der Waals surface area (Å²) in [5.41, 5.74) is 4.57. The smallest absolute Gasteiger partial charge is 0.0738 e. The minimum atomic E-state index is -0.346. The Morgan fingerprint density at radius 1 is 1.35 bits per heavy atom. The second-order valence-corrected chi connectivity index (χ2v) is 6.15. The number of benzene rings is 1. The lowest BCUT2D eigenvalue weighted by atomic mass is 10.0. The van der Waals surface area contributed by atoms with E-state index < -0.39 is 0 Å². The molecule has 1 unspecified atom stereocenters. The lowest BCUT2D eigenvalue weighted by Gasteiger charge is -2.11. The van der Waals surface area contributed by atoms with Gasteiger partial charge in [-0.3, -0.25) is 4.68 Å². The number of aryl methyl sites for hydroxylation is 4. The molecule has 1 aromatic carbocycles. The van der Waals surface area contributed by atoms with Gasteiger partial charge in [0.25, 0.3) is 0 Å². The standard InChI is InChI=1S/C16H21BrN2O/c1-11-5-4-6-13(9-11)7-8-14(20)10-15-16(17)12(2)18-19(15)3/h4-6,9,14,20H,7-8,10H2,1-3H3. The van der Waals surface area contributed by atoms with Crippen LogP contribution in [0.15, 0.2) is 28.7 Å². The van der Waals surface area contributed by atoms with Crippen molar-refractivity contribution in [2.75, 3.05) is 0 Å². The van der Waals surface area contributed by atoms with Crippen molar-refractivity contribution in [3.8, 4) is 0 Å². The van der Waals surface area contributed by atoms with E-state index in [-0.39, 0.29) is 6.10 Å². The highest BCUT2D eigenvalue weighted by Crippen LogP contribution is 2.22. The van der Waals surface area contributed by atoms with Gasteiger partial charge in [-0.2, -0.15) is 5.10 Å². The Morgan fingerprint density at radius 2 is 2.10 bits per heavy atom. The van der Waals surface area contributed by atoms with Crippen LogP contribution in [0.4, 0.5) is 0 Å². The molecular weight excluding hydrogens is 316 g/mol. The molecule has 0 radical (unpaired) electrons. The molecule has 3 nitrogen and oxygen atoms in total. The maximum Gasteiger partial charge on any atom is 0.0738 e. The molecule has 0 spiro atoms. The largest absolute Gasteiger partial charge is 0.393 e. The Balaban J connectivity index is 1.94. The highest BCUT2D eigenvalue weighted by Gasteiger charge is 2.15. The minimum Gasteiger partial charge on any atom is -0.393 e. The van der Waals surface area contributed by atoms with Crippen LogP contribution in [-0.4, -0.2) is 21.0 Å². The lowest BCUT2D eigenvalue weighted by Crippen LogP contribution is -2.14. The maximum atomic E-state index is 10.2. The molecule has 1 aromatic heterocycles. The van der Waals surface area contributed by atoms with Crippen molar-refractivity contribution >= 4 is 15.9 Å². The predicted octanol–water partition coefficient (Wildman–Crippen LogP) is 3.34. The monoisotopic (exact) mass is 336 g/mol. The van der Waals surface area contributed by atoms with Crippen molar-refractivity contribution in [3.05, 3.63) is 51.3 Å². The van der Waals surface area contributed by atoms with Gasteiger partial charge in [-0.05, 0) is 48.2 Å². The fraction of sp³-hybridized carbons (Fsp3) is 0.438. The van der Waals surface area contributed by atoms with Gasteiger partial charge < -0.3 is 5.11 Å². The van der Waals surface area contributed by atoms with Gasteiger partial charge in [-0.1, -0.05) is 29.8 Å². The van der Waals surface area contributed by atoms with E-state index in [1.807, 2.05) is 18.7 Å². The zero-order valence-electron chi connectivity index (χ0n) is 12.2. The van der Waals surface area contributed by atoms with E-state index in [0.29, 0.717) is 6.42 Å². The van der Waals surface area contributed by atoms with Crippen LogP contribution in [0.25, 0.3) is 0 Å². The predicted molar refractivity (Wildman–Crippen MR) is 84.9 cm³/mol. The van der Waals surface area contributed by atoms with Crippen molar-refractivity contribution in [2.24, 2.45) is 7.05 Å². The molecule has 0 saturated carbocycles. The first-order chi connectivity index (χ1) is 9.47. The Kier molecular flexibility index (Phi) is 5.00. The first kappa shape index (κ1) is 15.3. The molecule has 0 aliphatic heterocycles. The molecule has 0 amide bonds. The highest BCUT2D eigenvalue weighted by atomic mass is 79.9. The van der Waals surface area contributed by atoms with Gasteiger partial charge in [0.2, 0.25) is 0 Å². The average Bonchev–Trinajstić information content (AvgIpc) is 2.63. The first-order valence-corrected chi connectivity index (χ1v) is 7.68. The number of hydrogen-bond acceptors (Lipinski definition) is 2. The molecular formula is C16H21BrN2O. The molecule has 108 valence electrons. The summed E-state index contributed by atoms with van der Waals surface area (Å²) >= 11 is 3.54. The third-order valence-electron chi connectivity index (χ3n) is 3.54. The zero-order chi connectivity index (χ0) is 14.7. The van der Waals surface area contributed by atoms with E-state index in [0.717, 1.165) is 28.7 Å². The second-order valence-electron chi connectivity index (χ2n) is 5.36. The fourth-order valence-electron chi connectivity index (χ4n) is 2.43. The summed E-state index contributed by atoms with van der Waals surface area (Å²) in [6.45, 7) is 4.06. The number of aliphatic hydroxyl groups excluding tert-OH is 1. The van der Waals surface area contributed by atoms with Gasteiger partial charge >= 0.3 is 0 Å². The van der Waals surface area contributed by atoms with Crippen LogP contribution in [0, 0.1) is 13.8 Å². The third-order valence-corrected chi connectivity index (χ3v) is 4.57. The van der Waals surface area contributed by atoms with Crippen LogP contribution < -0.4 is 0 Å². The number of hydrogen-bond donors (Lipinski definition) is 1. The average molecular weight is 337 g/mol. The van der Waals surface area contributed by atoms with Crippen LogP contribution in [0.3, 0.4) is 0 Å². The van der Waals surface area contributed by atoms with Crippen molar-refractivity contribution in [1.29, 1.82) is 0 Å². The topological polar surface area (TPSA) is 38.1 Å². The Hall–Kier alpha value is -1.13. The van der Waals surface area contributed by atoms with Crippen LogP contribution in [0.1, 0.15) is 28.9 Å². The quantitative estimate of drug-likeness (QED) is 0.909. The number of aliphatic hydroxyl groups is 1. The van der Waals surface area contributed by atoms with Crippen LogP contribution in [0.5, 0.6) is 0 Å². The van der Waals surface area contributed by atoms with Crippen molar-refractivity contribution in [2.45, 2.75) is 39.2 Å². The molecule has 0 saturated heterocycles. The van der Waals surface area contributed by atoms with Gasteiger partial charge in [0, 0.05) is 13.5 Å². The molecule has 0 aliphatic rings. The number of rotatable bonds is 5. The van der Waals surface area contributed by atoms with E-state index >= 15 is 0 Å². The molecule has 2 rings (SSSR count). The van der Waals surface area contributed by atoms with Crippen LogP contribution in [-0.2, 0) is 19.9 Å². The van der Waals surface area contributed by atoms with E-state index in [1.54, 1.807) is 0 Å². The summed E-state index contributed by atoms with van der Waals surface area (Å²) in [4.78, 5) is 0. The van der Waals surface area contributed by atoms with Gasteiger partial charge in [0.05, 0.1) is 22.0 Å². The van der Waals surface area contributed by atoms with E-state index in [4.69, 9.17) is 0 Å². The van der Waals surface area contributed by atoms with Crippen molar-refractivity contribution < 1.29 is 5.11 Å². The Morgan fingerprint density at radius 3 is 2.70 bits per heavy atom. The van der Waals surface area contributed by atoms with Gasteiger partial charge in [-0.15, -0.1) is 0 Å². The number of aromatic nitrogens is 2. The lowest BCUT2D eigenvalue weighted by molar-refractivity contribution is 0.162. The Bertz CT molecular complexity index is 592.